The summed E-state index contributed by atoms with van der Waals surface area (Å²) in [6.45, 7) is 3.85. The number of halogens is 2. The summed E-state index contributed by atoms with van der Waals surface area (Å²) in [5.41, 5.74) is 0.141. The molecule has 0 aromatic heterocycles. The Bertz CT molecular complexity index is 948. The van der Waals surface area contributed by atoms with Crippen LogP contribution in [0, 0.1) is 15.9 Å². The van der Waals surface area contributed by atoms with E-state index in [4.69, 9.17) is 4.74 Å². The molecule has 0 saturated carbocycles. The lowest BCUT2D eigenvalue weighted by Gasteiger charge is -2.18. The SMILES string of the molecule is CCN(CC)S(=O)(=O)c1ccc(OCc2ccc(F)c(Br)c2)c([N+](=O)[O-])c1. The van der Waals surface area contributed by atoms with E-state index in [1.54, 1.807) is 13.8 Å². The molecule has 2 aromatic rings. The van der Waals surface area contributed by atoms with Gasteiger partial charge in [-0.2, -0.15) is 4.31 Å². The van der Waals surface area contributed by atoms with Crippen molar-refractivity contribution in [2.75, 3.05) is 13.1 Å². The Morgan fingerprint density at radius 3 is 2.41 bits per heavy atom. The molecule has 0 saturated heterocycles. The third kappa shape index (κ3) is 4.82. The molecular weight excluding hydrogens is 443 g/mol. The molecule has 2 rings (SSSR count). The summed E-state index contributed by atoms with van der Waals surface area (Å²) in [5, 5.41) is 11.4. The first-order chi connectivity index (χ1) is 12.7. The predicted molar refractivity (Wildman–Crippen MR) is 102 cm³/mol. The highest BCUT2D eigenvalue weighted by Crippen LogP contribution is 2.31. The summed E-state index contributed by atoms with van der Waals surface area (Å²) in [6, 6.07) is 7.76. The smallest absolute Gasteiger partial charge is 0.312 e. The fourth-order valence-electron chi connectivity index (χ4n) is 2.43. The predicted octanol–water partition coefficient (Wildman–Crippen LogP) is 4.11. The third-order valence-corrected chi connectivity index (χ3v) is 6.50. The van der Waals surface area contributed by atoms with E-state index in [1.165, 1.54) is 34.6 Å². The van der Waals surface area contributed by atoms with E-state index < -0.39 is 26.5 Å². The van der Waals surface area contributed by atoms with Crippen LogP contribution in [0.4, 0.5) is 10.1 Å². The monoisotopic (exact) mass is 460 g/mol. The molecule has 0 aliphatic carbocycles. The summed E-state index contributed by atoms with van der Waals surface area (Å²) in [6.07, 6.45) is 0. The Kier molecular flexibility index (Phi) is 6.90. The van der Waals surface area contributed by atoms with Crippen molar-refractivity contribution in [1.29, 1.82) is 0 Å². The molecule has 0 atom stereocenters. The number of hydrogen-bond acceptors (Lipinski definition) is 5. The number of rotatable bonds is 8. The molecule has 27 heavy (non-hydrogen) atoms. The molecular formula is C17H18BrFN2O5S. The van der Waals surface area contributed by atoms with Gasteiger partial charge in [-0.3, -0.25) is 10.1 Å². The molecule has 0 bridgehead atoms. The van der Waals surface area contributed by atoms with Gasteiger partial charge >= 0.3 is 5.69 Å². The van der Waals surface area contributed by atoms with Gasteiger partial charge in [-0.25, -0.2) is 12.8 Å². The van der Waals surface area contributed by atoms with Crippen LogP contribution in [0.2, 0.25) is 0 Å². The fourth-order valence-corrected chi connectivity index (χ4v) is 4.33. The normalized spacial score (nSPS) is 11.6. The average molecular weight is 461 g/mol. The maximum atomic E-state index is 13.3. The molecule has 0 fully saturated rings. The summed E-state index contributed by atoms with van der Waals surface area (Å²) < 4.78 is 45.3. The highest BCUT2D eigenvalue weighted by Gasteiger charge is 2.26. The van der Waals surface area contributed by atoms with Crippen LogP contribution >= 0.6 is 15.9 Å². The van der Waals surface area contributed by atoms with Crippen LogP contribution in [0.5, 0.6) is 5.75 Å². The molecule has 0 spiro atoms. The second kappa shape index (κ2) is 8.77. The van der Waals surface area contributed by atoms with Gasteiger partial charge in [0.05, 0.1) is 14.3 Å². The third-order valence-electron chi connectivity index (χ3n) is 3.85. The second-order valence-electron chi connectivity index (χ2n) is 5.51. The largest absolute Gasteiger partial charge is 0.482 e. The van der Waals surface area contributed by atoms with Crippen molar-refractivity contribution in [2.45, 2.75) is 25.3 Å². The first kappa shape index (κ1) is 21.3. The van der Waals surface area contributed by atoms with Crippen molar-refractivity contribution < 1.29 is 22.5 Å². The lowest BCUT2D eigenvalue weighted by Crippen LogP contribution is -2.30. The molecule has 0 aliphatic rings. The van der Waals surface area contributed by atoms with Crippen molar-refractivity contribution in [3.63, 3.8) is 0 Å². The number of nitro benzene ring substituents is 1. The maximum absolute atomic E-state index is 13.3. The zero-order chi connectivity index (χ0) is 20.2. The quantitative estimate of drug-likeness (QED) is 0.436. The van der Waals surface area contributed by atoms with E-state index in [1.807, 2.05) is 0 Å². The van der Waals surface area contributed by atoms with Crippen LogP contribution in [-0.2, 0) is 16.6 Å². The summed E-state index contributed by atoms with van der Waals surface area (Å²) in [5.74, 6) is -0.505. The molecule has 2 aromatic carbocycles. The second-order valence-corrected chi connectivity index (χ2v) is 8.31. The zero-order valence-electron chi connectivity index (χ0n) is 14.7. The molecule has 7 nitrogen and oxygen atoms in total. The minimum absolute atomic E-state index is 0.0398. The first-order valence-electron chi connectivity index (χ1n) is 8.06. The number of sulfonamides is 1. The van der Waals surface area contributed by atoms with E-state index in [-0.39, 0.29) is 34.8 Å². The van der Waals surface area contributed by atoms with Crippen LogP contribution in [0.1, 0.15) is 19.4 Å². The van der Waals surface area contributed by atoms with Crippen molar-refractivity contribution in [1.82, 2.24) is 4.31 Å². The van der Waals surface area contributed by atoms with Crippen LogP contribution in [-0.4, -0.2) is 30.7 Å². The minimum atomic E-state index is -3.83. The van der Waals surface area contributed by atoms with Crippen molar-refractivity contribution in [3.8, 4) is 5.75 Å². The highest BCUT2D eigenvalue weighted by molar-refractivity contribution is 9.10. The summed E-state index contributed by atoms with van der Waals surface area (Å²) >= 11 is 3.06. The van der Waals surface area contributed by atoms with Gasteiger partial charge in [0.15, 0.2) is 5.75 Å². The topological polar surface area (TPSA) is 89.8 Å². The van der Waals surface area contributed by atoms with Gasteiger partial charge in [-0.15, -0.1) is 0 Å². The Morgan fingerprint density at radius 1 is 1.19 bits per heavy atom. The van der Waals surface area contributed by atoms with Gasteiger partial charge < -0.3 is 4.74 Å². The standard InChI is InChI=1S/C17H18BrFN2O5S/c1-3-20(4-2)27(24,25)13-6-8-17(16(10-13)21(22)23)26-11-12-5-7-15(19)14(18)9-12/h5-10H,3-4,11H2,1-2H3. The van der Waals surface area contributed by atoms with Crippen LogP contribution in [0.3, 0.4) is 0 Å². The number of benzene rings is 2. The Balaban J connectivity index is 2.33. The van der Waals surface area contributed by atoms with Gasteiger partial charge in [-0.1, -0.05) is 19.9 Å². The highest BCUT2D eigenvalue weighted by atomic mass is 79.9. The van der Waals surface area contributed by atoms with E-state index in [0.717, 1.165) is 6.07 Å². The van der Waals surface area contributed by atoms with Crippen molar-refractivity contribution >= 4 is 31.6 Å². The minimum Gasteiger partial charge on any atom is -0.482 e. The van der Waals surface area contributed by atoms with Gasteiger partial charge in [0.25, 0.3) is 0 Å². The summed E-state index contributed by atoms with van der Waals surface area (Å²) in [7, 11) is -3.83. The number of ether oxygens (including phenoxy) is 1. The lowest BCUT2D eigenvalue weighted by molar-refractivity contribution is -0.386. The summed E-state index contributed by atoms with van der Waals surface area (Å²) in [4.78, 5) is 10.5. The van der Waals surface area contributed by atoms with Crippen molar-refractivity contribution in [2.24, 2.45) is 0 Å². The van der Waals surface area contributed by atoms with Gasteiger partial charge in [0.1, 0.15) is 12.4 Å². The van der Waals surface area contributed by atoms with E-state index >= 15 is 0 Å². The number of hydrogen-bond donors (Lipinski definition) is 0. The molecule has 0 aliphatic heterocycles. The van der Waals surface area contributed by atoms with Crippen LogP contribution < -0.4 is 4.74 Å². The van der Waals surface area contributed by atoms with Gasteiger partial charge in [0, 0.05) is 19.2 Å². The Hall–Kier alpha value is -2.04. The number of nitro groups is 1. The molecule has 146 valence electrons. The lowest BCUT2D eigenvalue weighted by atomic mass is 10.2. The maximum Gasteiger partial charge on any atom is 0.312 e. The van der Waals surface area contributed by atoms with E-state index in [0.29, 0.717) is 5.56 Å². The molecule has 0 unspecified atom stereocenters. The molecule has 0 radical (unpaired) electrons. The first-order valence-corrected chi connectivity index (χ1v) is 10.3. The zero-order valence-corrected chi connectivity index (χ0v) is 17.1. The van der Waals surface area contributed by atoms with E-state index in [2.05, 4.69) is 15.9 Å². The Morgan fingerprint density at radius 2 is 1.85 bits per heavy atom. The van der Waals surface area contributed by atoms with Crippen LogP contribution in [0.25, 0.3) is 0 Å². The van der Waals surface area contributed by atoms with E-state index in [9.17, 15) is 22.9 Å². The fraction of sp³-hybridized carbons (Fsp3) is 0.294. The molecule has 0 N–H and O–H groups in total. The Labute approximate surface area is 165 Å². The van der Waals surface area contributed by atoms with Crippen LogP contribution in [0.15, 0.2) is 45.8 Å². The number of nitrogens with zero attached hydrogens (tertiary/aromatic N) is 2. The van der Waals surface area contributed by atoms with Gasteiger partial charge in [0.2, 0.25) is 10.0 Å². The van der Waals surface area contributed by atoms with Crippen molar-refractivity contribution in [3.05, 3.63) is 62.4 Å². The van der Waals surface area contributed by atoms with Gasteiger partial charge in [-0.05, 0) is 45.8 Å². The molecule has 0 heterocycles. The molecule has 0 amide bonds. The average Bonchev–Trinajstić information content (AvgIpc) is 2.63. The molecule has 10 heteroatoms.